The molecular weight excluding hydrogens is 342 g/mol. The molecule has 4 rings (SSSR count). The Hall–Kier alpha value is -3.15. The molecule has 1 atom stereocenters. The highest BCUT2D eigenvalue weighted by molar-refractivity contribution is 6.03. The third kappa shape index (κ3) is 3.43. The monoisotopic (exact) mass is 363 g/mol. The van der Waals surface area contributed by atoms with Crippen LogP contribution in [0.5, 0.6) is 0 Å². The maximum Gasteiger partial charge on any atom is 0.289 e. The molecule has 1 aliphatic heterocycles. The molecular formula is C21H21N3O3. The molecule has 3 aromatic rings. The third-order valence-corrected chi connectivity index (χ3v) is 5.04. The first kappa shape index (κ1) is 17.3. The topological polar surface area (TPSA) is 75.4 Å². The maximum absolute atomic E-state index is 12.9. The summed E-state index contributed by atoms with van der Waals surface area (Å²) in [6.07, 6.45) is 4.79. The molecule has 0 aliphatic carbocycles. The van der Waals surface area contributed by atoms with E-state index in [2.05, 4.69) is 10.3 Å². The van der Waals surface area contributed by atoms with Gasteiger partial charge in [0.05, 0.1) is 23.4 Å². The summed E-state index contributed by atoms with van der Waals surface area (Å²) in [7, 11) is 0. The number of piperidine rings is 1. The van der Waals surface area contributed by atoms with Crippen molar-refractivity contribution in [2.24, 2.45) is 5.92 Å². The van der Waals surface area contributed by atoms with E-state index in [9.17, 15) is 9.59 Å². The Morgan fingerprint density at radius 2 is 2.11 bits per heavy atom. The number of aromatic nitrogens is 1. The molecule has 1 aromatic carbocycles. The van der Waals surface area contributed by atoms with Crippen LogP contribution in [0.15, 0.2) is 53.3 Å². The molecule has 1 saturated heterocycles. The lowest BCUT2D eigenvalue weighted by Gasteiger charge is -2.31. The third-order valence-electron chi connectivity index (χ3n) is 5.04. The number of pyridine rings is 1. The molecule has 0 bridgehead atoms. The zero-order valence-electron chi connectivity index (χ0n) is 15.1. The van der Waals surface area contributed by atoms with E-state index < -0.39 is 0 Å². The van der Waals surface area contributed by atoms with Crippen LogP contribution in [0.3, 0.4) is 0 Å². The molecule has 138 valence electrons. The smallest absolute Gasteiger partial charge is 0.289 e. The molecule has 1 N–H and O–H groups in total. The number of fused-ring (bicyclic) bond motifs is 1. The predicted octanol–water partition coefficient (Wildman–Crippen LogP) is 3.63. The highest BCUT2D eigenvalue weighted by Crippen LogP contribution is 2.26. The SMILES string of the molecule is Cc1ccc(NC(=O)C2CCCN(C(=O)c3ccco3)C2)c2cccnc12. The van der Waals surface area contributed by atoms with Gasteiger partial charge >= 0.3 is 0 Å². The second kappa shape index (κ2) is 7.23. The van der Waals surface area contributed by atoms with Crippen LogP contribution >= 0.6 is 0 Å². The van der Waals surface area contributed by atoms with Crippen LogP contribution < -0.4 is 5.32 Å². The summed E-state index contributed by atoms with van der Waals surface area (Å²) in [6.45, 7) is 3.04. The molecule has 2 amide bonds. The summed E-state index contributed by atoms with van der Waals surface area (Å²) in [6, 6.07) is 11.0. The van der Waals surface area contributed by atoms with Gasteiger partial charge < -0.3 is 14.6 Å². The van der Waals surface area contributed by atoms with Crippen molar-refractivity contribution in [1.82, 2.24) is 9.88 Å². The van der Waals surface area contributed by atoms with E-state index in [1.54, 1.807) is 23.2 Å². The second-order valence-electron chi connectivity index (χ2n) is 6.89. The molecule has 2 aromatic heterocycles. The molecule has 0 radical (unpaired) electrons. The van der Waals surface area contributed by atoms with Crippen molar-refractivity contribution in [3.8, 4) is 0 Å². The average molecular weight is 363 g/mol. The van der Waals surface area contributed by atoms with Gasteiger partial charge in [-0.25, -0.2) is 0 Å². The molecule has 0 saturated carbocycles. The number of aryl methyl sites for hydroxylation is 1. The summed E-state index contributed by atoms with van der Waals surface area (Å²) < 4.78 is 5.20. The lowest BCUT2D eigenvalue weighted by Crippen LogP contribution is -2.43. The van der Waals surface area contributed by atoms with Crippen molar-refractivity contribution < 1.29 is 14.0 Å². The number of rotatable bonds is 3. The number of furan rings is 1. The van der Waals surface area contributed by atoms with E-state index in [1.165, 1.54) is 6.26 Å². The minimum absolute atomic E-state index is 0.0686. The number of nitrogens with zero attached hydrogens (tertiary/aromatic N) is 2. The average Bonchev–Trinajstić information content (AvgIpc) is 3.24. The number of carbonyl (C=O) groups excluding carboxylic acids is 2. The molecule has 0 spiro atoms. The van der Waals surface area contributed by atoms with Crippen LogP contribution in [0.4, 0.5) is 5.69 Å². The van der Waals surface area contributed by atoms with Crippen LogP contribution in [0, 0.1) is 12.8 Å². The summed E-state index contributed by atoms with van der Waals surface area (Å²) in [5.41, 5.74) is 2.70. The first-order chi connectivity index (χ1) is 13.1. The Balaban J connectivity index is 1.50. The largest absolute Gasteiger partial charge is 0.459 e. The lowest BCUT2D eigenvalue weighted by molar-refractivity contribution is -0.121. The number of hydrogen-bond donors (Lipinski definition) is 1. The maximum atomic E-state index is 12.9. The van der Waals surface area contributed by atoms with E-state index >= 15 is 0 Å². The minimum atomic E-state index is -0.245. The molecule has 6 heteroatoms. The van der Waals surface area contributed by atoms with Crippen LogP contribution in [-0.2, 0) is 4.79 Å². The van der Waals surface area contributed by atoms with Gasteiger partial charge in [-0.2, -0.15) is 0 Å². The van der Waals surface area contributed by atoms with Crippen molar-refractivity contribution in [1.29, 1.82) is 0 Å². The van der Waals surface area contributed by atoms with Gasteiger partial charge in [-0.05, 0) is 55.7 Å². The number of carbonyl (C=O) groups is 2. The minimum Gasteiger partial charge on any atom is -0.459 e. The fourth-order valence-corrected chi connectivity index (χ4v) is 3.59. The second-order valence-corrected chi connectivity index (χ2v) is 6.89. The number of hydrogen-bond acceptors (Lipinski definition) is 4. The summed E-state index contributed by atoms with van der Waals surface area (Å²) in [4.78, 5) is 31.5. The normalized spacial score (nSPS) is 17.1. The quantitative estimate of drug-likeness (QED) is 0.771. The predicted molar refractivity (Wildman–Crippen MR) is 102 cm³/mol. The Morgan fingerprint density at radius 3 is 2.93 bits per heavy atom. The standard InChI is InChI=1S/C21H21N3O3/c1-14-8-9-17(16-6-2-10-22-19(14)16)23-20(25)15-5-3-11-24(13-15)21(26)18-7-4-12-27-18/h2,4,6-10,12,15H,3,5,11,13H2,1H3,(H,23,25). The number of benzene rings is 1. The fraction of sp³-hybridized carbons (Fsp3) is 0.286. The summed E-state index contributed by atoms with van der Waals surface area (Å²) in [5, 5.41) is 3.96. The molecule has 1 unspecified atom stereocenters. The van der Waals surface area contributed by atoms with Crippen molar-refractivity contribution in [2.75, 3.05) is 18.4 Å². The molecule has 3 heterocycles. The van der Waals surface area contributed by atoms with Gasteiger partial charge in [0.2, 0.25) is 5.91 Å². The van der Waals surface area contributed by atoms with Gasteiger partial charge in [-0.1, -0.05) is 6.07 Å². The zero-order valence-corrected chi connectivity index (χ0v) is 15.1. The van der Waals surface area contributed by atoms with Gasteiger partial charge in [0.1, 0.15) is 0 Å². The first-order valence-electron chi connectivity index (χ1n) is 9.11. The summed E-state index contributed by atoms with van der Waals surface area (Å²) >= 11 is 0. The van der Waals surface area contributed by atoms with E-state index in [1.807, 2.05) is 31.2 Å². The Bertz CT molecular complexity index is 982. The lowest BCUT2D eigenvalue weighted by atomic mass is 9.96. The van der Waals surface area contributed by atoms with Gasteiger partial charge in [0.25, 0.3) is 5.91 Å². The number of likely N-dealkylation sites (tertiary alicyclic amines) is 1. The Labute approximate surface area is 157 Å². The Morgan fingerprint density at radius 1 is 1.22 bits per heavy atom. The number of anilines is 1. The number of nitrogens with one attached hydrogen (secondary N) is 1. The van der Waals surface area contributed by atoms with Crippen LogP contribution in [0.2, 0.25) is 0 Å². The van der Waals surface area contributed by atoms with E-state index in [-0.39, 0.29) is 17.7 Å². The van der Waals surface area contributed by atoms with Gasteiger partial charge in [-0.15, -0.1) is 0 Å². The summed E-state index contributed by atoms with van der Waals surface area (Å²) in [5.74, 6) is -0.166. The molecule has 1 aliphatic rings. The highest BCUT2D eigenvalue weighted by Gasteiger charge is 2.30. The van der Waals surface area contributed by atoms with Gasteiger partial charge in [0.15, 0.2) is 5.76 Å². The van der Waals surface area contributed by atoms with Crippen molar-refractivity contribution in [3.63, 3.8) is 0 Å². The van der Waals surface area contributed by atoms with E-state index in [0.717, 1.165) is 35.0 Å². The molecule has 6 nitrogen and oxygen atoms in total. The van der Waals surface area contributed by atoms with Crippen LogP contribution in [0.1, 0.15) is 29.0 Å². The highest BCUT2D eigenvalue weighted by atomic mass is 16.3. The van der Waals surface area contributed by atoms with Gasteiger partial charge in [-0.3, -0.25) is 14.6 Å². The molecule has 1 fully saturated rings. The van der Waals surface area contributed by atoms with Gasteiger partial charge in [0, 0.05) is 24.7 Å². The molecule has 27 heavy (non-hydrogen) atoms. The zero-order chi connectivity index (χ0) is 18.8. The fourth-order valence-electron chi connectivity index (χ4n) is 3.59. The van der Waals surface area contributed by atoms with Crippen molar-refractivity contribution >= 4 is 28.4 Å². The van der Waals surface area contributed by atoms with Crippen LogP contribution in [0.25, 0.3) is 10.9 Å². The number of amides is 2. The van der Waals surface area contributed by atoms with Crippen LogP contribution in [-0.4, -0.2) is 34.8 Å². The first-order valence-corrected chi connectivity index (χ1v) is 9.11. The Kier molecular flexibility index (Phi) is 4.62. The van der Waals surface area contributed by atoms with Crippen molar-refractivity contribution in [2.45, 2.75) is 19.8 Å². The van der Waals surface area contributed by atoms with E-state index in [4.69, 9.17) is 4.42 Å². The van der Waals surface area contributed by atoms with Crippen molar-refractivity contribution in [3.05, 3.63) is 60.2 Å². The van der Waals surface area contributed by atoms with E-state index in [0.29, 0.717) is 18.8 Å².